The van der Waals surface area contributed by atoms with Crippen molar-refractivity contribution in [2.75, 3.05) is 66.5 Å². The van der Waals surface area contributed by atoms with Crippen molar-refractivity contribution in [2.24, 2.45) is 0 Å². The summed E-state index contributed by atoms with van der Waals surface area (Å²) in [6.45, 7) is 22.6. The quantitative estimate of drug-likeness (QED) is 0.567. The van der Waals surface area contributed by atoms with Gasteiger partial charge in [-0.3, -0.25) is 0 Å². The summed E-state index contributed by atoms with van der Waals surface area (Å²) in [5.41, 5.74) is 0. The average molecular weight is 363 g/mol. The van der Waals surface area contributed by atoms with Gasteiger partial charge < -0.3 is 0 Å². The molecule has 0 saturated carbocycles. The number of hydrogen-bond donors (Lipinski definition) is 1. The van der Waals surface area contributed by atoms with E-state index in [1.54, 1.807) is 0 Å². The molecular formula is C17H43N6P. The fraction of sp³-hybridized carbons (Fsp3) is 1.00. The Bertz CT molecular complexity index is 303. The third-order valence-corrected chi connectivity index (χ3v) is 10.8. The van der Waals surface area contributed by atoms with Crippen LogP contribution < -0.4 is 5.09 Å². The Labute approximate surface area is 151 Å². The SMILES string of the molecule is CCN(CC)[PH](NC1N(C)CCN1C)(N(CC)CC)N(CC)CC. The second kappa shape index (κ2) is 10.4. The summed E-state index contributed by atoms with van der Waals surface area (Å²) in [5, 5.41) is 4.20. The summed E-state index contributed by atoms with van der Waals surface area (Å²) in [5.74, 6) is 0. The average Bonchev–Trinajstić information content (AvgIpc) is 2.89. The predicted octanol–water partition coefficient (Wildman–Crippen LogP) is 2.17. The molecule has 6 nitrogen and oxygen atoms in total. The van der Waals surface area contributed by atoms with E-state index in [1.807, 2.05) is 0 Å². The summed E-state index contributed by atoms with van der Waals surface area (Å²) < 4.78 is 8.15. The van der Waals surface area contributed by atoms with Crippen molar-refractivity contribution in [3.05, 3.63) is 0 Å². The zero-order valence-electron chi connectivity index (χ0n) is 17.5. The molecule has 0 aromatic heterocycles. The summed E-state index contributed by atoms with van der Waals surface area (Å²) in [6.07, 6.45) is 0.318. The number of likely N-dealkylation sites (N-methyl/N-ethyl adjacent to an activating group) is 2. The van der Waals surface area contributed by atoms with Crippen LogP contribution in [0.5, 0.6) is 0 Å². The van der Waals surface area contributed by atoms with Gasteiger partial charge in [0.2, 0.25) is 0 Å². The van der Waals surface area contributed by atoms with Crippen LogP contribution in [0.15, 0.2) is 0 Å². The fourth-order valence-electron chi connectivity index (χ4n) is 4.16. The Kier molecular flexibility index (Phi) is 9.60. The van der Waals surface area contributed by atoms with Gasteiger partial charge in [0.15, 0.2) is 0 Å². The van der Waals surface area contributed by atoms with Gasteiger partial charge in [-0.1, -0.05) is 0 Å². The van der Waals surface area contributed by atoms with Gasteiger partial charge in [-0.25, -0.2) is 0 Å². The minimum atomic E-state index is -2.17. The van der Waals surface area contributed by atoms with Crippen LogP contribution >= 0.6 is 7.87 Å². The van der Waals surface area contributed by atoms with Crippen LogP contribution in [0.25, 0.3) is 0 Å². The number of nitrogens with one attached hydrogen (secondary N) is 1. The Morgan fingerprint density at radius 2 is 1.00 bits per heavy atom. The molecule has 0 amide bonds. The molecule has 7 heteroatoms. The Morgan fingerprint density at radius 1 is 0.708 bits per heavy atom. The summed E-state index contributed by atoms with van der Waals surface area (Å²) in [4.78, 5) is 4.91. The van der Waals surface area contributed by atoms with Crippen LogP contribution in [0.4, 0.5) is 0 Å². The second-order valence-electron chi connectivity index (χ2n) is 6.63. The van der Waals surface area contributed by atoms with E-state index >= 15 is 0 Å². The topological polar surface area (TPSA) is 28.2 Å². The number of rotatable bonds is 11. The summed E-state index contributed by atoms with van der Waals surface area (Å²) >= 11 is 0. The first-order valence-corrected chi connectivity index (χ1v) is 11.7. The zero-order valence-corrected chi connectivity index (χ0v) is 18.5. The van der Waals surface area contributed by atoms with Gasteiger partial charge >= 0.3 is 151 Å². The van der Waals surface area contributed by atoms with Crippen LogP contribution in [0.2, 0.25) is 0 Å². The van der Waals surface area contributed by atoms with Crippen molar-refractivity contribution >= 4 is 7.87 Å². The van der Waals surface area contributed by atoms with Crippen LogP contribution in [0, 0.1) is 0 Å². The molecule has 1 fully saturated rings. The molecule has 1 heterocycles. The van der Waals surface area contributed by atoms with E-state index in [9.17, 15) is 0 Å². The Morgan fingerprint density at radius 3 is 1.25 bits per heavy atom. The maximum absolute atomic E-state index is 4.20. The monoisotopic (exact) mass is 362 g/mol. The van der Waals surface area contributed by atoms with Gasteiger partial charge in [0.25, 0.3) is 0 Å². The van der Waals surface area contributed by atoms with E-state index in [1.165, 1.54) is 0 Å². The molecule has 1 aliphatic heterocycles. The van der Waals surface area contributed by atoms with Crippen molar-refractivity contribution in [2.45, 2.75) is 47.8 Å². The van der Waals surface area contributed by atoms with Crippen molar-refractivity contribution < 1.29 is 0 Å². The van der Waals surface area contributed by atoms with E-state index < -0.39 is 7.87 Å². The standard InChI is InChI=1S/C17H43N6P/c1-9-21(10-2)24(22(11-3)12-4,23(13-5)14-6)18-17-19(7)15-16-20(17)8/h17-18,24H,9-16H2,1-8H3. The molecule has 1 aliphatic rings. The van der Waals surface area contributed by atoms with Gasteiger partial charge in [0.05, 0.1) is 0 Å². The molecule has 0 unspecified atom stereocenters. The fourth-order valence-corrected chi connectivity index (χ4v) is 9.34. The molecule has 0 aromatic rings. The van der Waals surface area contributed by atoms with Gasteiger partial charge in [-0.2, -0.15) is 0 Å². The molecule has 1 N–H and O–H groups in total. The molecule has 1 rings (SSSR count). The van der Waals surface area contributed by atoms with Gasteiger partial charge in [0, 0.05) is 0 Å². The second-order valence-corrected chi connectivity index (χ2v) is 10.1. The van der Waals surface area contributed by atoms with Crippen molar-refractivity contribution in [1.82, 2.24) is 28.9 Å². The zero-order chi connectivity index (χ0) is 18.3. The van der Waals surface area contributed by atoms with Crippen LogP contribution in [0.1, 0.15) is 41.5 Å². The van der Waals surface area contributed by atoms with Gasteiger partial charge in [-0.05, 0) is 0 Å². The van der Waals surface area contributed by atoms with Crippen molar-refractivity contribution in [1.29, 1.82) is 0 Å². The van der Waals surface area contributed by atoms with E-state index in [0.717, 1.165) is 52.4 Å². The van der Waals surface area contributed by atoms with Crippen molar-refractivity contribution in [3.63, 3.8) is 0 Å². The van der Waals surface area contributed by atoms with Crippen LogP contribution in [-0.4, -0.2) is 96.6 Å². The molecule has 0 aromatic carbocycles. The van der Waals surface area contributed by atoms with Gasteiger partial charge in [0.1, 0.15) is 0 Å². The molecule has 0 aliphatic carbocycles. The Hall–Kier alpha value is 0.190. The van der Waals surface area contributed by atoms with Crippen LogP contribution in [-0.2, 0) is 0 Å². The van der Waals surface area contributed by atoms with E-state index in [-0.39, 0.29) is 0 Å². The molecule has 0 atom stereocenters. The number of hydrogen-bond acceptors (Lipinski definition) is 6. The molecule has 0 spiro atoms. The Balaban J connectivity index is 3.37. The van der Waals surface area contributed by atoms with Gasteiger partial charge in [-0.15, -0.1) is 0 Å². The normalized spacial score (nSPS) is 19.3. The summed E-state index contributed by atoms with van der Waals surface area (Å²) in [7, 11) is 2.32. The third-order valence-electron chi connectivity index (χ3n) is 5.58. The van der Waals surface area contributed by atoms with Crippen LogP contribution in [0.3, 0.4) is 0 Å². The van der Waals surface area contributed by atoms with E-state index in [4.69, 9.17) is 0 Å². The molecule has 24 heavy (non-hydrogen) atoms. The molecule has 1 saturated heterocycles. The van der Waals surface area contributed by atoms with E-state index in [0.29, 0.717) is 6.29 Å². The first-order chi connectivity index (χ1) is 11.5. The summed E-state index contributed by atoms with van der Waals surface area (Å²) in [6, 6.07) is 0. The third kappa shape index (κ3) is 4.29. The van der Waals surface area contributed by atoms with Crippen molar-refractivity contribution in [3.8, 4) is 0 Å². The minimum absolute atomic E-state index is 0.318. The molecule has 0 bridgehead atoms. The predicted molar refractivity (Wildman–Crippen MR) is 109 cm³/mol. The van der Waals surface area contributed by atoms with E-state index in [2.05, 4.69) is 84.5 Å². The molecular weight excluding hydrogens is 319 g/mol. The first kappa shape index (κ1) is 22.2. The maximum atomic E-state index is 4.20. The first-order valence-electron chi connectivity index (χ1n) is 9.89. The molecule has 146 valence electrons. The number of nitrogens with zero attached hydrogens (tertiary/aromatic N) is 5. The molecule has 0 radical (unpaired) electrons.